The zero-order chi connectivity index (χ0) is 9.91. The number of halogens is 4. The standard InChI is InChI=1S/C6H7BF4NO.K/c8-6-1-5(2-6,7(9,10)11)3-12-4(6)13;/h1-3H2,(H,12,13);/q-1;+1. The first kappa shape index (κ1) is 13.0. The second kappa shape index (κ2) is 3.44. The minimum Gasteiger partial charge on any atom is -0.448 e. The molecule has 74 valence electrons. The van der Waals surface area contributed by atoms with Gasteiger partial charge in [0.2, 0.25) is 0 Å². The quantitative estimate of drug-likeness (QED) is 0.422. The van der Waals surface area contributed by atoms with E-state index in [0.29, 0.717) is 0 Å². The van der Waals surface area contributed by atoms with Gasteiger partial charge >= 0.3 is 58.4 Å². The van der Waals surface area contributed by atoms with E-state index >= 15 is 0 Å². The van der Waals surface area contributed by atoms with Gasteiger partial charge in [-0.2, -0.15) is 0 Å². The van der Waals surface area contributed by atoms with Crippen LogP contribution in [0.3, 0.4) is 0 Å². The van der Waals surface area contributed by atoms with Crippen LogP contribution in [0.25, 0.3) is 0 Å². The maximum Gasteiger partial charge on any atom is 1.00 e. The number of amides is 1. The van der Waals surface area contributed by atoms with Gasteiger partial charge in [0.1, 0.15) is 0 Å². The summed E-state index contributed by atoms with van der Waals surface area (Å²) in [5, 5.41) is 0.00931. The molecule has 1 saturated carbocycles. The summed E-state index contributed by atoms with van der Waals surface area (Å²) in [6, 6.07) is 0. The Hall–Kier alpha value is 0.891. The Labute approximate surface area is 121 Å². The first-order valence-electron chi connectivity index (χ1n) is 3.96. The van der Waals surface area contributed by atoms with E-state index in [1.54, 1.807) is 0 Å². The number of hydrogen-bond donors (Lipinski definition) is 1. The predicted molar refractivity (Wildman–Crippen MR) is 37.9 cm³/mol. The van der Waals surface area contributed by atoms with Gasteiger partial charge in [-0.15, -0.1) is 0 Å². The fourth-order valence-corrected chi connectivity index (χ4v) is 2.11. The molecule has 2 aliphatic heterocycles. The molecule has 1 N–H and O–H groups in total. The Morgan fingerprint density at radius 3 is 2.14 bits per heavy atom. The van der Waals surface area contributed by atoms with Crippen LogP contribution < -0.4 is 56.7 Å². The first-order chi connectivity index (χ1) is 5.79. The Kier molecular flexibility index (Phi) is 3.19. The van der Waals surface area contributed by atoms with Crippen LogP contribution in [0.15, 0.2) is 0 Å². The van der Waals surface area contributed by atoms with Crippen LogP contribution in [-0.2, 0) is 4.79 Å². The van der Waals surface area contributed by atoms with Crippen molar-refractivity contribution in [1.82, 2.24) is 5.32 Å². The number of hydrogen-bond acceptors (Lipinski definition) is 1. The third-order valence-electron chi connectivity index (χ3n) is 2.97. The Bertz CT molecular complexity index is 275. The van der Waals surface area contributed by atoms with Crippen LogP contribution in [0, 0.1) is 0 Å². The summed E-state index contributed by atoms with van der Waals surface area (Å²) >= 11 is 0. The first-order valence-corrected chi connectivity index (χ1v) is 3.96. The molecule has 0 radical (unpaired) electrons. The van der Waals surface area contributed by atoms with Gasteiger partial charge < -0.3 is 18.3 Å². The molecule has 2 saturated heterocycles. The molecular weight excluding hydrogens is 228 g/mol. The molecule has 14 heavy (non-hydrogen) atoms. The van der Waals surface area contributed by atoms with Crippen molar-refractivity contribution >= 4 is 12.9 Å². The van der Waals surface area contributed by atoms with E-state index in [-0.39, 0.29) is 51.4 Å². The van der Waals surface area contributed by atoms with Crippen molar-refractivity contribution in [1.29, 1.82) is 0 Å². The Morgan fingerprint density at radius 1 is 1.29 bits per heavy atom. The van der Waals surface area contributed by atoms with Crippen molar-refractivity contribution in [3.63, 3.8) is 0 Å². The second-order valence-electron chi connectivity index (χ2n) is 3.94. The summed E-state index contributed by atoms with van der Waals surface area (Å²) in [7, 11) is 0. The van der Waals surface area contributed by atoms with E-state index in [1.807, 2.05) is 5.32 Å². The van der Waals surface area contributed by atoms with Gasteiger partial charge in [-0.25, -0.2) is 4.39 Å². The summed E-state index contributed by atoms with van der Waals surface area (Å²) in [6.45, 7) is -5.52. The predicted octanol–water partition coefficient (Wildman–Crippen LogP) is -1.79. The van der Waals surface area contributed by atoms with Gasteiger partial charge in [0.25, 0.3) is 5.91 Å². The summed E-state index contributed by atoms with van der Waals surface area (Å²) in [5.41, 5.74) is -2.25. The van der Waals surface area contributed by atoms with Crippen LogP contribution in [0.5, 0.6) is 0 Å². The van der Waals surface area contributed by atoms with Crippen LogP contribution >= 0.6 is 0 Å². The fraction of sp³-hybridized carbons (Fsp3) is 0.833. The average Bonchev–Trinajstić information content (AvgIpc) is 1.90. The van der Waals surface area contributed by atoms with Gasteiger partial charge in [-0.3, -0.25) is 4.79 Å². The topological polar surface area (TPSA) is 29.1 Å². The molecule has 3 aliphatic rings. The molecule has 0 unspecified atom stereocenters. The van der Waals surface area contributed by atoms with E-state index < -0.39 is 43.3 Å². The minimum atomic E-state index is -5.06. The third kappa shape index (κ3) is 1.59. The van der Waals surface area contributed by atoms with E-state index in [4.69, 9.17) is 0 Å². The van der Waals surface area contributed by atoms with Crippen LogP contribution in [0.2, 0.25) is 5.31 Å². The number of carbonyl (C=O) groups is 1. The molecule has 8 heteroatoms. The monoisotopic (exact) mass is 235 g/mol. The van der Waals surface area contributed by atoms with Gasteiger partial charge in [0.15, 0.2) is 5.67 Å². The van der Waals surface area contributed by atoms with Crippen molar-refractivity contribution in [3.05, 3.63) is 0 Å². The van der Waals surface area contributed by atoms with Gasteiger partial charge in [0.05, 0.1) is 0 Å². The van der Waals surface area contributed by atoms with Crippen molar-refractivity contribution in [2.45, 2.75) is 23.8 Å². The number of fused-ring (bicyclic) bond motifs is 2. The zero-order valence-electron chi connectivity index (χ0n) is 7.62. The van der Waals surface area contributed by atoms with Gasteiger partial charge in [-0.05, 0) is 24.7 Å². The summed E-state index contributed by atoms with van der Waals surface area (Å²) in [4.78, 5) is 10.8. The van der Waals surface area contributed by atoms with Crippen LogP contribution in [-0.4, -0.2) is 25.1 Å². The molecule has 0 aromatic rings. The fourth-order valence-electron chi connectivity index (χ4n) is 2.11. The smallest absolute Gasteiger partial charge is 0.448 e. The largest absolute Gasteiger partial charge is 1.00 e. The minimum absolute atomic E-state index is 0. The Balaban J connectivity index is 0.000000980. The normalized spacial score (nSPS) is 40.7. The van der Waals surface area contributed by atoms with Gasteiger partial charge in [0, 0.05) is 0 Å². The molecule has 3 rings (SSSR count). The van der Waals surface area contributed by atoms with Gasteiger partial charge in [-0.1, -0.05) is 0 Å². The summed E-state index contributed by atoms with van der Waals surface area (Å²) in [5.74, 6) is -0.894. The van der Waals surface area contributed by atoms with Crippen molar-refractivity contribution in [2.24, 2.45) is 0 Å². The summed E-state index contributed by atoms with van der Waals surface area (Å²) < 4.78 is 50.4. The average molecular weight is 235 g/mol. The summed E-state index contributed by atoms with van der Waals surface area (Å²) in [6.07, 6.45) is -1.37. The van der Waals surface area contributed by atoms with Crippen molar-refractivity contribution < 1.29 is 73.5 Å². The zero-order valence-corrected chi connectivity index (χ0v) is 10.7. The maximum atomic E-state index is 13.2. The molecule has 2 nitrogen and oxygen atoms in total. The molecule has 2 heterocycles. The Morgan fingerprint density at radius 2 is 1.79 bits per heavy atom. The molecule has 1 amide bonds. The van der Waals surface area contributed by atoms with Crippen LogP contribution in [0.4, 0.5) is 17.3 Å². The van der Waals surface area contributed by atoms with Crippen molar-refractivity contribution in [3.8, 4) is 0 Å². The number of alkyl halides is 1. The second-order valence-corrected chi connectivity index (χ2v) is 3.94. The molecule has 0 aromatic carbocycles. The molecular formula is C6H7BF4KNO. The molecule has 0 spiro atoms. The molecule has 2 bridgehead atoms. The van der Waals surface area contributed by atoms with E-state index in [2.05, 4.69) is 0 Å². The third-order valence-corrected chi connectivity index (χ3v) is 2.97. The maximum absolute atomic E-state index is 13.2. The number of rotatable bonds is 1. The molecule has 1 aliphatic carbocycles. The number of piperidine rings is 2. The van der Waals surface area contributed by atoms with E-state index in [1.165, 1.54) is 0 Å². The number of carbonyl (C=O) groups excluding carboxylic acids is 1. The SMILES string of the molecule is O=C1NCC2([B-](F)(F)F)CC1(F)C2.[K+]. The number of nitrogens with one attached hydrogen (secondary N) is 1. The van der Waals surface area contributed by atoms with Crippen LogP contribution in [0.1, 0.15) is 12.8 Å². The molecule has 0 atom stereocenters. The molecule has 3 fully saturated rings. The molecule has 0 aromatic heterocycles. The van der Waals surface area contributed by atoms with E-state index in [9.17, 15) is 22.1 Å². The van der Waals surface area contributed by atoms with Crippen molar-refractivity contribution in [2.75, 3.05) is 6.54 Å². The van der Waals surface area contributed by atoms with E-state index in [0.717, 1.165) is 0 Å².